The third kappa shape index (κ3) is 3.74. The smallest absolute Gasteiger partial charge is 0.206 e. The molecule has 98 valence electrons. The molecule has 1 aromatic rings. The van der Waals surface area contributed by atoms with Gasteiger partial charge in [-0.05, 0) is 29.9 Å². The first-order valence-electron chi connectivity index (χ1n) is 6.55. The fraction of sp³-hybridized carbons (Fsp3) is 0.500. The summed E-state index contributed by atoms with van der Waals surface area (Å²) in [7, 11) is 0. The summed E-state index contributed by atoms with van der Waals surface area (Å²) in [6.07, 6.45) is 2.42. The van der Waals surface area contributed by atoms with Crippen LogP contribution in [0.5, 0.6) is 0 Å². The molecule has 0 unspecified atom stereocenters. The van der Waals surface area contributed by atoms with Crippen LogP contribution in [-0.2, 0) is 6.54 Å². The molecule has 0 atom stereocenters. The van der Waals surface area contributed by atoms with E-state index in [0.717, 1.165) is 0 Å². The number of guanidine groups is 1. The Bertz CT molecular complexity index is 404. The Kier molecular flexibility index (Phi) is 4.20. The Labute approximate surface area is 109 Å². The summed E-state index contributed by atoms with van der Waals surface area (Å²) >= 11 is 0. The molecule has 4 N–H and O–H groups in total. The second-order valence-electron chi connectivity index (χ2n) is 5.12. The largest absolute Gasteiger partial charge is 0.353 e. The summed E-state index contributed by atoms with van der Waals surface area (Å²) in [5, 5.41) is 3.25. The molecule has 4 heteroatoms. The molecule has 0 amide bonds. The van der Waals surface area contributed by atoms with E-state index in [0.29, 0.717) is 24.5 Å². The van der Waals surface area contributed by atoms with E-state index in [-0.39, 0.29) is 0 Å². The summed E-state index contributed by atoms with van der Waals surface area (Å²) in [5.74, 6) is 6.69. The van der Waals surface area contributed by atoms with Gasteiger partial charge in [0.05, 0.1) is 6.54 Å². The Hall–Kier alpha value is -1.55. The van der Waals surface area contributed by atoms with Crippen molar-refractivity contribution in [2.24, 2.45) is 10.8 Å². The van der Waals surface area contributed by atoms with Crippen LogP contribution in [0.4, 0.5) is 0 Å². The second kappa shape index (κ2) is 5.87. The van der Waals surface area contributed by atoms with Crippen LogP contribution >= 0.6 is 0 Å². The van der Waals surface area contributed by atoms with Crippen molar-refractivity contribution in [3.05, 3.63) is 35.4 Å². The number of benzene rings is 1. The highest BCUT2D eigenvalue weighted by atomic mass is 15.3. The molecule has 4 nitrogen and oxygen atoms in total. The van der Waals surface area contributed by atoms with Crippen molar-refractivity contribution in [3.63, 3.8) is 0 Å². The van der Waals surface area contributed by atoms with Crippen LogP contribution in [0.3, 0.4) is 0 Å². The molecular formula is C14H22N4. The van der Waals surface area contributed by atoms with Crippen LogP contribution in [0.2, 0.25) is 0 Å². The van der Waals surface area contributed by atoms with Gasteiger partial charge in [0.1, 0.15) is 0 Å². The van der Waals surface area contributed by atoms with Crippen molar-refractivity contribution in [3.8, 4) is 0 Å². The summed E-state index contributed by atoms with van der Waals surface area (Å²) < 4.78 is 0. The molecular weight excluding hydrogens is 224 g/mol. The average Bonchev–Trinajstić information content (AvgIpc) is 3.18. The van der Waals surface area contributed by atoms with Gasteiger partial charge in [0, 0.05) is 6.04 Å². The predicted molar refractivity (Wildman–Crippen MR) is 75.2 cm³/mol. The second-order valence-corrected chi connectivity index (χ2v) is 5.12. The summed E-state index contributed by atoms with van der Waals surface area (Å²) in [6.45, 7) is 5.05. The van der Waals surface area contributed by atoms with Gasteiger partial charge >= 0.3 is 0 Å². The number of nitrogens with one attached hydrogen (secondary N) is 2. The molecule has 0 aromatic heterocycles. The number of rotatable bonds is 4. The van der Waals surface area contributed by atoms with E-state index in [9.17, 15) is 0 Å². The number of aliphatic imine (C=N–C) groups is 1. The maximum Gasteiger partial charge on any atom is 0.206 e. The molecule has 0 bridgehead atoms. The zero-order valence-electron chi connectivity index (χ0n) is 11.1. The van der Waals surface area contributed by atoms with E-state index in [2.05, 4.69) is 53.8 Å². The lowest BCUT2D eigenvalue weighted by Crippen LogP contribution is -2.42. The first-order chi connectivity index (χ1) is 8.69. The van der Waals surface area contributed by atoms with E-state index >= 15 is 0 Å². The van der Waals surface area contributed by atoms with Crippen LogP contribution in [0, 0.1) is 0 Å². The van der Waals surface area contributed by atoms with Gasteiger partial charge in [-0.2, -0.15) is 0 Å². The molecule has 0 radical (unpaired) electrons. The van der Waals surface area contributed by atoms with Crippen LogP contribution in [0.1, 0.15) is 43.7 Å². The fourth-order valence-electron chi connectivity index (χ4n) is 1.73. The lowest BCUT2D eigenvalue weighted by molar-refractivity contribution is 0.820. The van der Waals surface area contributed by atoms with Gasteiger partial charge in [-0.1, -0.05) is 38.1 Å². The standard InChI is InChI=1S/C14H22N4/c1-10(2)12-5-3-11(4-6-12)9-16-14(18-15)17-13-7-8-13/h3-6,10,13H,7-9,15H2,1-2H3,(H2,16,17,18). The Morgan fingerprint density at radius 2 is 2.00 bits per heavy atom. The molecule has 0 spiro atoms. The van der Waals surface area contributed by atoms with Crippen molar-refractivity contribution in [1.29, 1.82) is 0 Å². The van der Waals surface area contributed by atoms with Crippen molar-refractivity contribution >= 4 is 5.96 Å². The predicted octanol–water partition coefficient (Wildman–Crippen LogP) is 1.88. The van der Waals surface area contributed by atoms with Crippen molar-refractivity contribution < 1.29 is 0 Å². The highest BCUT2D eigenvalue weighted by molar-refractivity contribution is 5.79. The zero-order valence-corrected chi connectivity index (χ0v) is 11.1. The number of nitrogens with two attached hydrogens (primary N) is 1. The molecule has 18 heavy (non-hydrogen) atoms. The summed E-state index contributed by atoms with van der Waals surface area (Å²) in [4.78, 5) is 4.44. The molecule has 0 saturated heterocycles. The monoisotopic (exact) mass is 246 g/mol. The van der Waals surface area contributed by atoms with Gasteiger partial charge < -0.3 is 5.32 Å². The zero-order chi connectivity index (χ0) is 13.0. The average molecular weight is 246 g/mol. The maximum absolute atomic E-state index is 5.43. The van der Waals surface area contributed by atoms with Crippen molar-refractivity contribution in [1.82, 2.24) is 10.7 Å². The minimum Gasteiger partial charge on any atom is -0.353 e. The Balaban J connectivity index is 1.93. The minimum atomic E-state index is 0.558. The summed E-state index contributed by atoms with van der Waals surface area (Å²) in [5.41, 5.74) is 5.17. The Morgan fingerprint density at radius 3 is 2.50 bits per heavy atom. The van der Waals surface area contributed by atoms with Crippen LogP contribution in [0.15, 0.2) is 29.3 Å². The topological polar surface area (TPSA) is 62.4 Å². The lowest BCUT2D eigenvalue weighted by Gasteiger charge is -2.08. The molecule has 1 aromatic carbocycles. The third-order valence-electron chi connectivity index (χ3n) is 3.12. The lowest BCUT2D eigenvalue weighted by atomic mass is 10.0. The van der Waals surface area contributed by atoms with Gasteiger partial charge in [-0.3, -0.25) is 5.43 Å². The fourth-order valence-corrected chi connectivity index (χ4v) is 1.73. The molecule has 1 aliphatic rings. The molecule has 2 rings (SSSR count). The van der Waals surface area contributed by atoms with Crippen molar-refractivity contribution in [2.45, 2.75) is 45.2 Å². The Morgan fingerprint density at radius 1 is 1.33 bits per heavy atom. The van der Waals surface area contributed by atoms with E-state index in [1.165, 1.54) is 24.0 Å². The number of nitrogens with zero attached hydrogens (tertiary/aromatic N) is 1. The number of hydrogen-bond acceptors (Lipinski definition) is 2. The van der Waals surface area contributed by atoms with Gasteiger partial charge in [-0.15, -0.1) is 0 Å². The quantitative estimate of drug-likeness (QED) is 0.329. The SMILES string of the molecule is CC(C)c1ccc(CN=C(NN)NC2CC2)cc1. The molecule has 1 fully saturated rings. The van der Waals surface area contributed by atoms with Gasteiger partial charge in [0.25, 0.3) is 0 Å². The van der Waals surface area contributed by atoms with Gasteiger partial charge in [0.2, 0.25) is 5.96 Å². The van der Waals surface area contributed by atoms with Crippen LogP contribution in [0.25, 0.3) is 0 Å². The van der Waals surface area contributed by atoms with E-state index in [4.69, 9.17) is 5.84 Å². The van der Waals surface area contributed by atoms with Crippen molar-refractivity contribution in [2.75, 3.05) is 0 Å². The maximum atomic E-state index is 5.43. The highest BCUT2D eigenvalue weighted by Gasteiger charge is 2.21. The van der Waals surface area contributed by atoms with Crippen LogP contribution < -0.4 is 16.6 Å². The number of hydrogen-bond donors (Lipinski definition) is 3. The van der Waals surface area contributed by atoms with Gasteiger partial charge in [-0.25, -0.2) is 10.8 Å². The normalized spacial score (nSPS) is 15.9. The van der Waals surface area contributed by atoms with E-state index < -0.39 is 0 Å². The number of hydrazine groups is 1. The first-order valence-corrected chi connectivity index (χ1v) is 6.55. The minimum absolute atomic E-state index is 0.558. The first kappa shape index (κ1) is 12.9. The van der Waals surface area contributed by atoms with E-state index in [1.54, 1.807) is 0 Å². The van der Waals surface area contributed by atoms with Crippen LogP contribution in [-0.4, -0.2) is 12.0 Å². The summed E-state index contributed by atoms with van der Waals surface area (Å²) in [6, 6.07) is 9.15. The molecule has 1 aliphatic carbocycles. The molecule has 0 aliphatic heterocycles. The highest BCUT2D eigenvalue weighted by Crippen LogP contribution is 2.18. The molecule has 1 saturated carbocycles. The van der Waals surface area contributed by atoms with E-state index in [1.807, 2.05) is 0 Å². The molecule has 0 heterocycles. The third-order valence-corrected chi connectivity index (χ3v) is 3.12. The van der Waals surface area contributed by atoms with Gasteiger partial charge in [0.15, 0.2) is 0 Å².